The Morgan fingerprint density at radius 2 is 1.52 bits per heavy atom. The maximum atomic E-state index is 12.9. The molecule has 0 radical (unpaired) electrons. The van der Waals surface area contributed by atoms with Crippen LogP contribution in [0.5, 0.6) is 17.2 Å². The van der Waals surface area contributed by atoms with E-state index in [2.05, 4.69) is 10.5 Å². The van der Waals surface area contributed by atoms with Gasteiger partial charge >= 0.3 is 5.69 Å². The number of nitrogens with zero attached hydrogens (tertiary/aromatic N) is 4. The Morgan fingerprint density at radius 1 is 0.881 bits per heavy atom. The molecule has 0 aliphatic rings. The number of pyridine rings is 1. The third-order valence-electron chi connectivity index (χ3n) is 6.34. The fourth-order valence-electron chi connectivity index (χ4n) is 4.42. The molecule has 0 atom stereocenters. The predicted molar refractivity (Wildman–Crippen MR) is 154 cm³/mol. The molecule has 0 spiro atoms. The van der Waals surface area contributed by atoms with Gasteiger partial charge in [0.2, 0.25) is 5.75 Å². The average molecular weight is 568 g/mol. The van der Waals surface area contributed by atoms with Gasteiger partial charge in [0.05, 0.1) is 40.3 Å². The number of benzene rings is 4. The van der Waals surface area contributed by atoms with Crippen LogP contribution < -0.4 is 20.3 Å². The van der Waals surface area contributed by atoms with Crippen molar-refractivity contribution < 1.29 is 24.1 Å². The van der Waals surface area contributed by atoms with Gasteiger partial charge in [0, 0.05) is 16.8 Å². The number of non-ortho nitro benzene ring substituents is 1. The number of fused-ring (bicyclic) bond motifs is 2. The summed E-state index contributed by atoms with van der Waals surface area (Å²) in [5, 5.41) is 27.4. The monoisotopic (exact) mass is 567 g/mol. The lowest BCUT2D eigenvalue weighted by Crippen LogP contribution is -2.25. The van der Waals surface area contributed by atoms with Crippen molar-refractivity contribution in [3.63, 3.8) is 0 Å². The van der Waals surface area contributed by atoms with Crippen LogP contribution >= 0.6 is 0 Å². The molecule has 4 aromatic carbocycles. The summed E-state index contributed by atoms with van der Waals surface area (Å²) in [5.74, 6) is -0.320. The lowest BCUT2D eigenvalue weighted by atomic mass is 10.1. The largest absolute Gasteiger partial charge is 0.493 e. The SMILES string of the molecule is COc1cc(C=NNC(=O)Cn2c3ccccc3c(=O)c3ccccc32)ccc1Oc1ccc([N+](=O)[O-])cc1[N+](=O)[O-]. The quantitative estimate of drug-likeness (QED) is 0.113. The minimum Gasteiger partial charge on any atom is -0.493 e. The van der Waals surface area contributed by atoms with E-state index in [1.807, 2.05) is 0 Å². The summed E-state index contributed by atoms with van der Waals surface area (Å²) in [5.41, 5.74) is 3.09. The molecular formula is C29H21N5O8. The van der Waals surface area contributed by atoms with Crippen LogP contribution in [0.3, 0.4) is 0 Å². The highest BCUT2D eigenvalue weighted by molar-refractivity contribution is 5.95. The molecule has 0 aliphatic carbocycles. The summed E-state index contributed by atoms with van der Waals surface area (Å²) in [6, 6.07) is 21.8. The van der Waals surface area contributed by atoms with Crippen molar-refractivity contribution in [3.05, 3.63) is 121 Å². The van der Waals surface area contributed by atoms with Crippen LogP contribution in [0.4, 0.5) is 11.4 Å². The predicted octanol–water partition coefficient (Wildman–Crippen LogP) is 4.92. The van der Waals surface area contributed by atoms with Gasteiger partial charge in [-0.05, 0) is 54.1 Å². The maximum absolute atomic E-state index is 12.9. The number of amides is 1. The second kappa shape index (κ2) is 11.6. The molecule has 13 heteroatoms. The van der Waals surface area contributed by atoms with Crippen molar-refractivity contribution >= 4 is 45.3 Å². The number of hydrogen-bond donors (Lipinski definition) is 1. The Hall–Kier alpha value is -6.11. The molecule has 210 valence electrons. The molecule has 0 unspecified atom stereocenters. The number of rotatable bonds is 9. The van der Waals surface area contributed by atoms with Gasteiger partial charge in [-0.15, -0.1) is 0 Å². The number of carbonyl (C=O) groups excluding carboxylic acids is 1. The van der Waals surface area contributed by atoms with Gasteiger partial charge in [0.25, 0.3) is 11.6 Å². The van der Waals surface area contributed by atoms with Gasteiger partial charge < -0.3 is 14.0 Å². The number of hydrazone groups is 1. The first kappa shape index (κ1) is 27.5. The van der Waals surface area contributed by atoms with E-state index >= 15 is 0 Å². The lowest BCUT2D eigenvalue weighted by molar-refractivity contribution is -0.394. The molecule has 0 saturated carbocycles. The highest BCUT2D eigenvalue weighted by Gasteiger charge is 2.22. The number of nitro benzene ring substituents is 2. The van der Waals surface area contributed by atoms with E-state index in [1.54, 1.807) is 59.2 Å². The molecule has 0 bridgehead atoms. The van der Waals surface area contributed by atoms with Crippen molar-refractivity contribution in [2.24, 2.45) is 5.10 Å². The number of para-hydroxylation sites is 2. The first-order chi connectivity index (χ1) is 20.3. The number of carbonyl (C=O) groups is 1. The van der Waals surface area contributed by atoms with Crippen molar-refractivity contribution in [2.75, 3.05) is 7.11 Å². The molecule has 5 aromatic rings. The van der Waals surface area contributed by atoms with Gasteiger partial charge in [-0.1, -0.05) is 24.3 Å². The van der Waals surface area contributed by atoms with E-state index in [4.69, 9.17) is 9.47 Å². The Morgan fingerprint density at radius 3 is 2.14 bits per heavy atom. The highest BCUT2D eigenvalue weighted by Crippen LogP contribution is 2.38. The van der Waals surface area contributed by atoms with E-state index in [0.29, 0.717) is 27.4 Å². The van der Waals surface area contributed by atoms with Crippen molar-refractivity contribution in [3.8, 4) is 17.2 Å². The van der Waals surface area contributed by atoms with Gasteiger partial charge in [0.1, 0.15) is 6.54 Å². The second-order valence-electron chi connectivity index (χ2n) is 8.92. The zero-order valence-electron chi connectivity index (χ0n) is 21.9. The summed E-state index contributed by atoms with van der Waals surface area (Å²) in [4.78, 5) is 46.7. The first-order valence-electron chi connectivity index (χ1n) is 12.4. The Labute approximate surface area is 236 Å². The fourth-order valence-corrected chi connectivity index (χ4v) is 4.42. The number of aromatic nitrogens is 1. The van der Waals surface area contributed by atoms with Gasteiger partial charge in [-0.3, -0.25) is 29.8 Å². The van der Waals surface area contributed by atoms with Crippen LogP contribution in [-0.4, -0.2) is 33.6 Å². The molecule has 0 aliphatic heterocycles. The lowest BCUT2D eigenvalue weighted by Gasteiger charge is -2.14. The van der Waals surface area contributed by atoms with Crippen LogP contribution in [0, 0.1) is 20.2 Å². The average Bonchev–Trinajstić information content (AvgIpc) is 2.99. The number of ether oxygens (including phenoxy) is 2. The molecule has 1 N–H and O–H groups in total. The molecular weight excluding hydrogens is 546 g/mol. The Balaban J connectivity index is 1.34. The van der Waals surface area contributed by atoms with Crippen LogP contribution in [0.1, 0.15) is 5.56 Å². The molecule has 1 amide bonds. The molecule has 0 fully saturated rings. The van der Waals surface area contributed by atoms with Crippen molar-refractivity contribution in [1.29, 1.82) is 0 Å². The first-order valence-corrected chi connectivity index (χ1v) is 12.4. The topological polar surface area (TPSA) is 168 Å². The number of nitro groups is 2. The summed E-state index contributed by atoms with van der Waals surface area (Å²) < 4.78 is 12.7. The van der Waals surface area contributed by atoms with E-state index < -0.39 is 27.1 Å². The molecule has 1 heterocycles. The van der Waals surface area contributed by atoms with Crippen LogP contribution in [0.15, 0.2) is 94.8 Å². The van der Waals surface area contributed by atoms with Gasteiger partial charge in [-0.25, -0.2) is 5.43 Å². The zero-order chi connectivity index (χ0) is 29.8. The molecule has 0 saturated heterocycles. The van der Waals surface area contributed by atoms with E-state index in [0.717, 1.165) is 18.2 Å². The molecule has 13 nitrogen and oxygen atoms in total. The van der Waals surface area contributed by atoms with E-state index in [9.17, 15) is 29.8 Å². The molecule has 5 rings (SSSR count). The minimum atomic E-state index is -0.780. The van der Waals surface area contributed by atoms with Crippen LogP contribution in [0.25, 0.3) is 21.8 Å². The molecule has 42 heavy (non-hydrogen) atoms. The standard InChI is InChI=1S/C29H21N5O8/c1-41-27-14-18(10-12-26(27)42-25-13-11-19(33(37)38)15-24(25)34(39)40)16-30-31-28(35)17-32-22-8-4-2-6-20(22)29(36)21-7-3-5-9-23(21)32/h2-16H,17H2,1H3,(H,31,35). The second-order valence-corrected chi connectivity index (χ2v) is 8.92. The van der Waals surface area contributed by atoms with Crippen molar-refractivity contribution in [2.45, 2.75) is 6.54 Å². The Kier molecular flexibility index (Phi) is 7.55. The number of methoxy groups -OCH3 is 1. The van der Waals surface area contributed by atoms with Gasteiger partial charge in [-0.2, -0.15) is 5.10 Å². The van der Waals surface area contributed by atoms with Crippen LogP contribution in [-0.2, 0) is 11.3 Å². The fraction of sp³-hybridized carbons (Fsp3) is 0.0690. The number of nitrogens with one attached hydrogen (secondary N) is 1. The minimum absolute atomic E-state index is 0.0945. The van der Waals surface area contributed by atoms with Crippen LogP contribution in [0.2, 0.25) is 0 Å². The Bertz CT molecular complexity index is 1910. The molecule has 1 aromatic heterocycles. The third-order valence-corrected chi connectivity index (χ3v) is 6.34. The number of hydrogen-bond acceptors (Lipinski definition) is 9. The van der Waals surface area contributed by atoms with E-state index in [-0.39, 0.29) is 29.2 Å². The zero-order valence-corrected chi connectivity index (χ0v) is 21.9. The summed E-state index contributed by atoms with van der Waals surface area (Å²) >= 11 is 0. The maximum Gasteiger partial charge on any atom is 0.318 e. The van der Waals surface area contributed by atoms with E-state index in [1.165, 1.54) is 25.5 Å². The summed E-state index contributed by atoms with van der Waals surface area (Å²) in [7, 11) is 1.37. The highest BCUT2D eigenvalue weighted by atomic mass is 16.6. The van der Waals surface area contributed by atoms with Gasteiger partial charge in [0.15, 0.2) is 16.9 Å². The third kappa shape index (κ3) is 5.47. The smallest absolute Gasteiger partial charge is 0.318 e. The van der Waals surface area contributed by atoms with Crippen molar-refractivity contribution in [1.82, 2.24) is 9.99 Å². The normalized spacial score (nSPS) is 11.1. The summed E-state index contributed by atoms with van der Waals surface area (Å²) in [6.45, 7) is -0.0945. The summed E-state index contributed by atoms with van der Waals surface area (Å²) in [6.07, 6.45) is 1.38.